The van der Waals surface area contributed by atoms with Crippen LogP contribution in [0, 0.1) is 0 Å². The molecule has 0 saturated carbocycles. The summed E-state index contributed by atoms with van der Waals surface area (Å²) in [4.78, 5) is 28.0. The Morgan fingerprint density at radius 1 is 1.35 bits per heavy atom. The quantitative estimate of drug-likeness (QED) is 0.892. The maximum atomic E-state index is 11.9. The summed E-state index contributed by atoms with van der Waals surface area (Å²) in [5.74, 6) is 0.744. The van der Waals surface area contributed by atoms with E-state index in [9.17, 15) is 9.59 Å². The topological polar surface area (TPSA) is 88.4 Å². The van der Waals surface area contributed by atoms with Gasteiger partial charge in [-0.25, -0.2) is 0 Å². The molecule has 6 nitrogen and oxygen atoms in total. The number of benzene rings is 1. The number of hydrogen-bond donors (Lipinski definition) is 2. The average Bonchev–Trinajstić information content (AvgIpc) is 2.55. The predicted molar refractivity (Wildman–Crippen MR) is 88.4 cm³/mol. The van der Waals surface area contributed by atoms with Crippen LogP contribution in [0.15, 0.2) is 35.3 Å². The second-order valence-corrected chi connectivity index (χ2v) is 5.99. The summed E-state index contributed by atoms with van der Waals surface area (Å²) in [6, 6.07) is 6.87. The van der Waals surface area contributed by atoms with E-state index < -0.39 is 6.04 Å². The van der Waals surface area contributed by atoms with Gasteiger partial charge in [-0.15, -0.1) is 0 Å². The van der Waals surface area contributed by atoms with Gasteiger partial charge in [0.25, 0.3) is 5.56 Å². The largest absolute Gasteiger partial charge is 0.490 e. The van der Waals surface area contributed by atoms with Gasteiger partial charge in [0.1, 0.15) is 11.9 Å². The summed E-state index contributed by atoms with van der Waals surface area (Å²) in [7, 11) is 0. The summed E-state index contributed by atoms with van der Waals surface area (Å²) in [5, 5.41) is 1.51. The second kappa shape index (κ2) is 6.42. The third kappa shape index (κ3) is 3.37. The number of carbonyl (C=O) groups excluding carboxylic acids is 1. The van der Waals surface area contributed by atoms with Crippen LogP contribution in [-0.2, 0) is 4.79 Å². The van der Waals surface area contributed by atoms with Crippen LogP contribution in [0.4, 0.5) is 0 Å². The summed E-state index contributed by atoms with van der Waals surface area (Å²) in [6.07, 6.45) is 3.27. The highest BCUT2D eigenvalue weighted by Crippen LogP contribution is 2.22. The van der Waals surface area contributed by atoms with Crippen molar-refractivity contribution in [2.24, 2.45) is 5.73 Å². The van der Waals surface area contributed by atoms with Gasteiger partial charge in [0.2, 0.25) is 5.91 Å². The van der Waals surface area contributed by atoms with Crippen molar-refractivity contribution < 1.29 is 9.53 Å². The lowest BCUT2D eigenvalue weighted by Gasteiger charge is -2.33. The third-order valence-electron chi connectivity index (χ3n) is 4.19. The number of carbonyl (C=O) groups is 1. The predicted octanol–water partition coefficient (Wildman–Crippen LogP) is 1.25. The van der Waals surface area contributed by atoms with Crippen LogP contribution in [0.2, 0.25) is 0 Å². The van der Waals surface area contributed by atoms with Crippen LogP contribution in [0.3, 0.4) is 0 Å². The van der Waals surface area contributed by atoms with E-state index in [0.717, 1.165) is 24.0 Å². The molecular formula is C17H21N3O3. The molecule has 1 aromatic carbocycles. The maximum Gasteiger partial charge on any atom is 0.255 e. The van der Waals surface area contributed by atoms with Crippen LogP contribution in [0.1, 0.15) is 19.8 Å². The molecule has 0 radical (unpaired) electrons. The molecular weight excluding hydrogens is 294 g/mol. The lowest BCUT2D eigenvalue weighted by molar-refractivity contribution is -0.133. The number of likely N-dealkylation sites (tertiary alicyclic amines) is 1. The molecule has 2 heterocycles. The average molecular weight is 315 g/mol. The molecule has 1 saturated heterocycles. The number of amides is 1. The molecule has 3 rings (SSSR count). The van der Waals surface area contributed by atoms with Gasteiger partial charge in [-0.1, -0.05) is 0 Å². The molecule has 3 N–H and O–H groups in total. The van der Waals surface area contributed by atoms with Gasteiger partial charge in [0.05, 0.1) is 6.04 Å². The first-order valence-corrected chi connectivity index (χ1v) is 7.87. The molecule has 1 aliphatic rings. The molecule has 1 aliphatic heterocycles. The summed E-state index contributed by atoms with van der Waals surface area (Å²) < 4.78 is 6.01. The van der Waals surface area contributed by atoms with Crippen LogP contribution in [0.25, 0.3) is 10.8 Å². The Bertz CT molecular complexity index is 761. The number of ether oxygens (including phenoxy) is 1. The minimum absolute atomic E-state index is 0.00613. The Morgan fingerprint density at radius 2 is 2.09 bits per heavy atom. The van der Waals surface area contributed by atoms with Crippen molar-refractivity contribution in [3.63, 3.8) is 0 Å². The number of aromatic amines is 1. The fraction of sp³-hybridized carbons (Fsp3) is 0.412. The van der Waals surface area contributed by atoms with Gasteiger partial charge in [-0.3, -0.25) is 9.59 Å². The number of piperidine rings is 1. The van der Waals surface area contributed by atoms with Crippen molar-refractivity contribution in [2.75, 3.05) is 13.1 Å². The minimum atomic E-state index is -0.453. The zero-order valence-corrected chi connectivity index (χ0v) is 13.1. The standard InChI is InChI=1S/C17H21N3O3/c1-11(18)17(22)20-8-5-13(6-9-20)23-14-2-3-15-12(10-14)4-7-19-16(15)21/h2-4,7,10-11,13H,5-6,8-9,18H2,1H3,(H,19,21)/t11-/m1/s1. The number of H-pyrrole nitrogens is 1. The fourth-order valence-corrected chi connectivity index (χ4v) is 2.92. The number of rotatable bonds is 3. The van der Waals surface area contributed by atoms with Crippen LogP contribution in [-0.4, -0.2) is 41.0 Å². The van der Waals surface area contributed by atoms with Crippen molar-refractivity contribution in [3.05, 3.63) is 40.8 Å². The van der Waals surface area contributed by atoms with Crippen molar-refractivity contribution in [2.45, 2.75) is 31.9 Å². The number of pyridine rings is 1. The number of nitrogens with zero attached hydrogens (tertiary/aromatic N) is 1. The van der Waals surface area contributed by atoms with E-state index in [2.05, 4.69) is 4.98 Å². The van der Waals surface area contributed by atoms with Gasteiger partial charge < -0.3 is 20.4 Å². The van der Waals surface area contributed by atoms with Crippen molar-refractivity contribution >= 4 is 16.7 Å². The molecule has 6 heteroatoms. The maximum absolute atomic E-state index is 11.9. The van der Waals surface area contributed by atoms with E-state index >= 15 is 0 Å². The SMILES string of the molecule is C[C@@H](N)C(=O)N1CCC(Oc2ccc3c(=O)[nH]ccc3c2)CC1. The Labute approximate surface area is 134 Å². The Kier molecular flexibility index (Phi) is 4.34. The van der Waals surface area contributed by atoms with E-state index in [1.165, 1.54) is 0 Å². The van der Waals surface area contributed by atoms with Crippen LogP contribution < -0.4 is 16.0 Å². The molecule has 1 atom stereocenters. The lowest BCUT2D eigenvalue weighted by Crippen LogP contribution is -2.47. The molecule has 0 aliphatic carbocycles. The van der Waals surface area contributed by atoms with Crippen molar-refractivity contribution in [1.29, 1.82) is 0 Å². The molecule has 122 valence electrons. The van der Waals surface area contributed by atoms with Crippen molar-refractivity contribution in [3.8, 4) is 5.75 Å². The molecule has 1 amide bonds. The van der Waals surface area contributed by atoms with Gasteiger partial charge in [-0.2, -0.15) is 0 Å². The lowest BCUT2D eigenvalue weighted by atomic mass is 10.1. The zero-order valence-electron chi connectivity index (χ0n) is 13.1. The molecule has 1 aromatic heterocycles. The number of nitrogens with two attached hydrogens (primary N) is 1. The number of nitrogens with one attached hydrogen (secondary N) is 1. The molecule has 0 bridgehead atoms. The van der Waals surface area contributed by atoms with Crippen molar-refractivity contribution in [1.82, 2.24) is 9.88 Å². The van der Waals surface area contributed by atoms with E-state index in [0.29, 0.717) is 18.5 Å². The van der Waals surface area contributed by atoms with Gasteiger partial charge >= 0.3 is 0 Å². The highest BCUT2D eigenvalue weighted by Gasteiger charge is 2.25. The number of hydrogen-bond acceptors (Lipinski definition) is 4. The Morgan fingerprint density at radius 3 is 2.78 bits per heavy atom. The van der Waals surface area contributed by atoms with E-state index in [1.54, 1.807) is 24.1 Å². The second-order valence-electron chi connectivity index (χ2n) is 5.99. The third-order valence-corrected chi connectivity index (χ3v) is 4.19. The zero-order chi connectivity index (χ0) is 16.4. The van der Waals surface area contributed by atoms with Crippen LogP contribution >= 0.6 is 0 Å². The Hall–Kier alpha value is -2.34. The highest BCUT2D eigenvalue weighted by molar-refractivity contribution is 5.82. The number of fused-ring (bicyclic) bond motifs is 1. The van der Waals surface area contributed by atoms with Gasteiger partial charge in [-0.05, 0) is 36.6 Å². The van der Waals surface area contributed by atoms with Gasteiger partial charge in [0, 0.05) is 37.5 Å². The molecule has 23 heavy (non-hydrogen) atoms. The van der Waals surface area contributed by atoms with E-state index in [-0.39, 0.29) is 17.6 Å². The van der Waals surface area contributed by atoms with Gasteiger partial charge in [0.15, 0.2) is 0 Å². The number of aromatic nitrogens is 1. The van der Waals surface area contributed by atoms with E-state index in [1.807, 2.05) is 18.2 Å². The smallest absolute Gasteiger partial charge is 0.255 e. The minimum Gasteiger partial charge on any atom is -0.490 e. The highest BCUT2D eigenvalue weighted by atomic mass is 16.5. The monoisotopic (exact) mass is 315 g/mol. The molecule has 2 aromatic rings. The summed E-state index contributed by atoms with van der Waals surface area (Å²) in [6.45, 7) is 3.04. The summed E-state index contributed by atoms with van der Waals surface area (Å²) >= 11 is 0. The summed E-state index contributed by atoms with van der Waals surface area (Å²) in [5.41, 5.74) is 5.54. The first-order chi connectivity index (χ1) is 11.0. The molecule has 0 spiro atoms. The van der Waals surface area contributed by atoms with Crippen LogP contribution in [0.5, 0.6) is 5.75 Å². The Balaban J connectivity index is 1.65. The normalized spacial score (nSPS) is 17.2. The first kappa shape index (κ1) is 15.6. The van der Waals surface area contributed by atoms with E-state index in [4.69, 9.17) is 10.5 Å². The first-order valence-electron chi connectivity index (χ1n) is 7.87. The molecule has 1 fully saturated rings. The fourth-order valence-electron chi connectivity index (χ4n) is 2.92. The molecule has 0 unspecified atom stereocenters.